The van der Waals surface area contributed by atoms with E-state index in [1.807, 2.05) is 32.0 Å². The van der Waals surface area contributed by atoms with Crippen LogP contribution in [0.4, 0.5) is 8.78 Å². The monoisotopic (exact) mass is 472 g/mol. The van der Waals surface area contributed by atoms with Gasteiger partial charge in [-0.15, -0.1) is 0 Å². The molecule has 34 heavy (non-hydrogen) atoms. The largest absolute Gasteiger partial charge is 0.454 e. The molecule has 0 spiro atoms. The van der Waals surface area contributed by atoms with Crippen LogP contribution in [0.3, 0.4) is 0 Å². The molecule has 1 heterocycles. The van der Waals surface area contributed by atoms with Crippen LogP contribution >= 0.6 is 0 Å². The molecule has 9 heteroatoms. The Hall–Kier alpha value is -3.75. The number of nitro groups is 1. The second-order valence-corrected chi connectivity index (χ2v) is 8.19. The molecule has 1 aliphatic rings. The first-order valence-electron chi connectivity index (χ1n) is 10.7. The molecule has 180 valence electrons. The van der Waals surface area contributed by atoms with Crippen LogP contribution in [0.5, 0.6) is 5.75 Å². The summed E-state index contributed by atoms with van der Waals surface area (Å²) in [5.41, 5.74) is 2.99. The molecule has 0 amide bonds. The van der Waals surface area contributed by atoms with E-state index in [4.69, 9.17) is 4.74 Å². The van der Waals surface area contributed by atoms with Gasteiger partial charge in [0.25, 0.3) is 5.70 Å². The molecule has 0 saturated heterocycles. The highest BCUT2D eigenvalue weighted by Gasteiger charge is 2.43. The number of ether oxygens (including phenoxy) is 2. The lowest BCUT2D eigenvalue weighted by atomic mass is 9.83. The summed E-state index contributed by atoms with van der Waals surface area (Å²) < 4.78 is 36.5. The zero-order valence-electron chi connectivity index (χ0n) is 19.5. The molecule has 0 radical (unpaired) electrons. The minimum Gasteiger partial charge on any atom is -0.454 e. The fourth-order valence-electron chi connectivity index (χ4n) is 4.29. The summed E-state index contributed by atoms with van der Waals surface area (Å²) in [4.78, 5) is 24.8. The van der Waals surface area contributed by atoms with E-state index in [0.717, 1.165) is 16.7 Å². The highest BCUT2D eigenvalue weighted by atomic mass is 19.3. The Morgan fingerprint density at radius 2 is 1.76 bits per heavy atom. The van der Waals surface area contributed by atoms with Crippen molar-refractivity contribution in [3.63, 3.8) is 0 Å². The van der Waals surface area contributed by atoms with Crippen molar-refractivity contribution in [2.45, 2.75) is 53.3 Å². The van der Waals surface area contributed by atoms with Crippen LogP contribution < -0.4 is 10.1 Å². The van der Waals surface area contributed by atoms with Gasteiger partial charge >= 0.3 is 12.6 Å². The van der Waals surface area contributed by atoms with Gasteiger partial charge in [0.05, 0.1) is 16.2 Å². The second-order valence-electron chi connectivity index (χ2n) is 8.19. The molecule has 3 rings (SSSR count). The predicted octanol–water partition coefficient (Wildman–Crippen LogP) is 5.68. The quantitative estimate of drug-likeness (QED) is 0.317. The average molecular weight is 472 g/mol. The molecular formula is C25H26F2N2O5. The van der Waals surface area contributed by atoms with Crippen LogP contribution in [0.15, 0.2) is 65.1 Å². The average Bonchev–Trinajstić information content (AvgIpc) is 2.72. The number of halogens is 2. The topological polar surface area (TPSA) is 90.7 Å². The minimum absolute atomic E-state index is 0.0424. The molecule has 2 aromatic rings. The number of alkyl halides is 2. The molecule has 0 bridgehead atoms. The molecule has 2 atom stereocenters. The van der Waals surface area contributed by atoms with Gasteiger partial charge in [0, 0.05) is 11.3 Å². The zero-order chi connectivity index (χ0) is 25.2. The summed E-state index contributed by atoms with van der Waals surface area (Å²) in [6.45, 7) is 5.49. The minimum atomic E-state index is -3.14. The lowest BCUT2D eigenvalue weighted by molar-refractivity contribution is -0.431. The van der Waals surface area contributed by atoms with E-state index in [-0.39, 0.29) is 28.3 Å². The Kier molecular flexibility index (Phi) is 7.34. The Labute approximate surface area is 196 Å². The molecule has 0 saturated carbocycles. The third-order valence-electron chi connectivity index (χ3n) is 5.74. The van der Waals surface area contributed by atoms with E-state index in [1.54, 1.807) is 19.9 Å². The van der Waals surface area contributed by atoms with Gasteiger partial charge in [-0.25, -0.2) is 4.79 Å². The number of nitrogens with one attached hydrogen (secondary N) is 1. The lowest BCUT2D eigenvalue weighted by Crippen LogP contribution is -2.32. The highest BCUT2D eigenvalue weighted by molar-refractivity contribution is 5.92. The number of benzene rings is 2. The lowest BCUT2D eigenvalue weighted by Gasteiger charge is -2.28. The molecule has 0 aromatic heterocycles. The van der Waals surface area contributed by atoms with Crippen molar-refractivity contribution in [2.24, 2.45) is 0 Å². The number of hydrogen-bond donors (Lipinski definition) is 1. The van der Waals surface area contributed by atoms with Gasteiger partial charge in [0.1, 0.15) is 17.8 Å². The van der Waals surface area contributed by atoms with Crippen LogP contribution in [0.2, 0.25) is 0 Å². The Morgan fingerprint density at radius 1 is 1.09 bits per heavy atom. The van der Waals surface area contributed by atoms with Crippen LogP contribution in [-0.2, 0) is 9.53 Å². The smallest absolute Gasteiger partial charge is 0.387 e. The molecule has 1 N–H and O–H groups in total. The third kappa shape index (κ3) is 5.08. The fraction of sp³-hybridized carbons (Fsp3) is 0.320. The molecule has 1 aliphatic heterocycles. The van der Waals surface area contributed by atoms with E-state index in [0.29, 0.717) is 5.70 Å². The van der Waals surface area contributed by atoms with Crippen molar-refractivity contribution in [1.82, 2.24) is 5.32 Å². The van der Waals surface area contributed by atoms with Crippen molar-refractivity contribution in [3.8, 4) is 5.75 Å². The molecule has 0 aliphatic carbocycles. The van der Waals surface area contributed by atoms with Crippen molar-refractivity contribution >= 4 is 5.97 Å². The predicted molar refractivity (Wildman–Crippen MR) is 122 cm³/mol. The highest BCUT2D eigenvalue weighted by Crippen LogP contribution is 2.43. The molecular weight excluding hydrogens is 446 g/mol. The van der Waals surface area contributed by atoms with Crippen LogP contribution in [0.25, 0.3) is 0 Å². The SMILES string of the molecule is CC1=C(C(=O)OC(C)c2ccc(C)cc2C)C(c2ccccc2OC(F)F)C([N+](=O)[O-])=C(C)N1. The number of allylic oxidation sites excluding steroid dienone is 3. The fourth-order valence-corrected chi connectivity index (χ4v) is 4.29. The summed E-state index contributed by atoms with van der Waals surface area (Å²) in [5, 5.41) is 14.9. The van der Waals surface area contributed by atoms with E-state index in [2.05, 4.69) is 10.1 Å². The van der Waals surface area contributed by atoms with Crippen molar-refractivity contribution in [3.05, 3.63) is 97.5 Å². The number of carbonyl (C=O) groups is 1. The van der Waals surface area contributed by atoms with Gasteiger partial charge in [0.2, 0.25) is 0 Å². The maximum Gasteiger partial charge on any atom is 0.387 e. The number of carbonyl (C=O) groups excluding carboxylic acids is 1. The van der Waals surface area contributed by atoms with E-state index in [1.165, 1.54) is 25.1 Å². The number of aryl methyl sites for hydroxylation is 2. The number of rotatable bonds is 7. The standard InChI is InChI=1S/C25H26F2N2O5/c1-13-10-11-18(14(2)12-13)17(5)33-24(30)21-15(3)28-16(4)23(29(31)32)22(21)19-8-6-7-9-20(19)34-25(26)27/h6-12,17,22,25,28H,1-5H3. The van der Waals surface area contributed by atoms with Crippen LogP contribution in [0, 0.1) is 24.0 Å². The van der Waals surface area contributed by atoms with Crippen LogP contribution in [-0.4, -0.2) is 17.5 Å². The van der Waals surface area contributed by atoms with E-state index in [9.17, 15) is 23.7 Å². The van der Waals surface area contributed by atoms with Gasteiger partial charge in [0.15, 0.2) is 0 Å². The normalized spacial score (nSPS) is 16.9. The third-order valence-corrected chi connectivity index (χ3v) is 5.74. The van der Waals surface area contributed by atoms with E-state index >= 15 is 0 Å². The maximum absolute atomic E-state index is 13.4. The first-order chi connectivity index (χ1) is 16.0. The molecule has 2 unspecified atom stereocenters. The Bertz CT molecular complexity index is 1190. The second kappa shape index (κ2) is 10.0. The van der Waals surface area contributed by atoms with Gasteiger partial charge in [-0.3, -0.25) is 10.1 Å². The summed E-state index contributed by atoms with van der Waals surface area (Å²) in [5.74, 6) is -2.32. The Morgan fingerprint density at radius 3 is 2.38 bits per heavy atom. The molecule has 0 fully saturated rings. The first-order valence-corrected chi connectivity index (χ1v) is 10.7. The molecule has 7 nitrogen and oxygen atoms in total. The van der Waals surface area contributed by atoms with Gasteiger partial charge in [-0.05, 0) is 51.8 Å². The van der Waals surface area contributed by atoms with Crippen LogP contribution in [0.1, 0.15) is 55.0 Å². The van der Waals surface area contributed by atoms with Gasteiger partial charge in [-0.2, -0.15) is 8.78 Å². The number of hydrogen-bond acceptors (Lipinski definition) is 6. The van der Waals surface area contributed by atoms with Crippen molar-refractivity contribution in [1.29, 1.82) is 0 Å². The summed E-state index contributed by atoms with van der Waals surface area (Å²) in [7, 11) is 0. The number of dihydropyridines is 1. The summed E-state index contributed by atoms with van der Waals surface area (Å²) in [6.07, 6.45) is -0.646. The van der Waals surface area contributed by atoms with E-state index < -0.39 is 29.5 Å². The summed E-state index contributed by atoms with van der Waals surface area (Å²) in [6, 6.07) is 11.5. The first kappa shape index (κ1) is 24.9. The number of nitrogens with zero attached hydrogens (tertiary/aromatic N) is 1. The van der Waals surface area contributed by atoms with Gasteiger partial charge < -0.3 is 14.8 Å². The number of esters is 1. The zero-order valence-corrected chi connectivity index (χ0v) is 19.5. The summed E-state index contributed by atoms with van der Waals surface area (Å²) >= 11 is 0. The Balaban J connectivity index is 2.08. The maximum atomic E-state index is 13.4. The van der Waals surface area contributed by atoms with Crippen molar-refractivity contribution < 1.29 is 28.0 Å². The van der Waals surface area contributed by atoms with Crippen molar-refractivity contribution in [2.75, 3.05) is 0 Å². The molecule has 2 aromatic carbocycles. The van der Waals surface area contributed by atoms with Gasteiger partial charge in [-0.1, -0.05) is 42.0 Å². The number of para-hydroxylation sites is 1.